The number of benzene rings is 2. The molecular weight excluding hydrogens is 328 g/mol. The average molecular weight is 344 g/mol. The monoisotopic (exact) mass is 344 g/mol. The second-order valence-corrected chi connectivity index (χ2v) is 6.24. The minimum Gasteiger partial charge on any atom is -0.422 e. The number of amides is 1. The zero-order valence-corrected chi connectivity index (χ0v) is 14.4. The first-order chi connectivity index (χ1) is 12.5. The highest BCUT2D eigenvalue weighted by Crippen LogP contribution is 2.27. The molecule has 0 aliphatic heterocycles. The minimum atomic E-state index is -0.523. The van der Waals surface area contributed by atoms with E-state index in [1.54, 1.807) is 18.2 Å². The van der Waals surface area contributed by atoms with E-state index in [-0.39, 0.29) is 17.1 Å². The lowest BCUT2D eigenvalue weighted by Crippen LogP contribution is -2.16. The summed E-state index contributed by atoms with van der Waals surface area (Å²) in [5.74, 6) is -0.109. The smallest absolute Gasteiger partial charge is 0.347 e. The predicted octanol–water partition coefficient (Wildman–Crippen LogP) is 4.21. The third-order valence-electron chi connectivity index (χ3n) is 4.28. The molecule has 4 aromatic rings. The Labute approximate surface area is 149 Å². The summed E-state index contributed by atoms with van der Waals surface area (Å²) in [5, 5.41) is 4.55. The van der Waals surface area contributed by atoms with Crippen molar-refractivity contribution in [2.24, 2.45) is 0 Å². The van der Waals surface area contributed by atoms with Crippen molar-refractivity contribution >= 4 is 33.5 Å². The molecule has 0 spiro atoms. The number of pyridine rings is 1. The molecule has 2 aromatic carbocycles. The van der Waals surface area contributed by atoms with Crippen LogP contribution in [-0.2, 0) is 0 Å². The van der Waals surface area contributed by atoms with E-state index < -0.39 is 5.63 Å². The topological polar surface area (TPSA) is 72.2 Å². The van der Waals surface area contributed by atoms with Crippen molar-refractivity contribution in [2.45, 2.75) is 13.8 Å². The zero-order chi connectivity index (χ0) is 18.3. The van der Waals surface area contributed by atoms with Crippen LogP contribution in [0.25, 0.3) is 21.7 Å². The lowest BCUT2D eigenvalue weighted by Gasteiger charge is -2.10. The van der Waals surface area contributed by atoms with E-state index in [9.17, 15) is 9.59 Å². The van der Waals surface area contributed by atoms with Gasteiger partial charge in [0.1, 0.15) is 16.8 Å². The largest absolute Gasteiger partial charge is 0.422 e. The van der Waals surface area contributed by atoms with Crippen LogP contribution >= 0.6 is 0 Å². The van der Waals surface area contributed by atoms with Crippen LogP contribution in [0.3, 0.4) is 0 Å². The van der Waals surface area contributed by atoms with Gasteiger partial charge in [0.25, 0.3) is 5.91 Å². The summed E-state index contributed by atoms with van der Waals surface area (Å²) < 4.78 is 5.41. The van der Waals surface area contributed by atoms with Crippen LogP contribution in [0.4, 0.5) is 5.82 Å². The summed E-state index contributed by atoms with van der Waals surface area (Å²) >= 11 is 0. The van der Waals surface area contributed by atoms with Gasteiger partial charge in [-0.15, -0.1) is 0 Å². The Morgan fingerprint density at radius 1 is 1.00 bits per heavy atom. The first kappa shape index (κ1) is 16.0. The Bertz CT molecular complexity index is 1210. The molecule has 5 nitrogen and oxygen atoms in total. The number of nitrogens with zero attached hydrogens (tertiary/aromatic N) is 1. The maximum absolute atomic E-state index is 12.6. The number of rotatable bonds is 2. The van der Waals surface area contributed by atoms with Crippen molar-refractivity contribution in [1.82, 2.24) is 4.98 Å². The van der Waals surface area contributed by atoms with Gasteiger partial charge in [0.2, 0.25) is 0 Å². The van der Waals surface area contributed by atoms with Gasteiger partial charge >= 0.3 is 5.63 Å². The molecule has 0 radical (unpaired) electrons. The number of hydrogen-bond donors (Lipinski definition) is 1. The van der Waals surface area contributed by atoms with Gasteiger partial charge in [-0.1, -0.05) is 35.9 Å². The number of aryl methyl sites for hydroxylation is 2. The van der Waals surface area contributed by atoms with E-state index >= 15 is 0 Å². The highest BCUT2D eigenvalue weighted by molar-refractivity contribution is 6.12. The second-order valence-electron chi connectivity index (χ2n) is 6.24. The fourth-order valence-corrected chi connectivity index (χ4v) is 3.00. The predicted molar refractivity (Wildman–Crippen MR) is 102 cm³/mol. The highest BCUT2D eigenvalue weighted by atomic mass is 16.4. The van der Waals surface area contributed by atoms with Crippen LogP contribution in [0.5, 0.6) is 0 Å². The van der Waals surface area contributed by atoms with Crippen molar-refractivity contribution in [1.29, 1.82) is 0 Å². The molecule has 26 heavy (non-hydrogen) atoms. The van der Waals surface area contributed by atoms with Gasteiger partial charge in [0.05, 0.1) is 0 Å². The van der Waals surface area contributed by atoms with Crippen LogP contribution in [0.1, 0.15) is 21.6 Å². The molecule has 0 fully saturated rings. The van der Waals surface area contributed by atoms with Crippen molar-refractivity contribution < 1.29 is 9.21 Å². The van der Waals surface area contributed by atoms with Gasteiger partial charge in [0, 0.05) is 22.0 Å². The molecule has 0 unspecified atom stereocenters. The summed E-state index contributed by atoms with van der Waals surface area (Å²) in [5.41, 5.74) is 2.24. The fourth-order valence-electron chi connectivity index (χ4n) is 3.00. The van der Waals surface area contributed by atoms with Crippen LogP contribution in [0, 0.1) is 13.8 Å². The number of fused-ring (bicyclic) bond motifs is 3. The molecule has 0 aliphatic carbocycles. The summed E-state index contributed by atoms with van der Waals surface area (Å²) in [7, 11) is 0. The van der Waals surface area contributed by atoms with E-state index in [1.165, 1.54) is 0 Å². The molecule has 2 aromatic heterocycles. The van der Waals surface area contributed by atoms with Crippen LogP contribution < -0.4 is 10.9 Å². The highest BCUT2D eigenvalue weighted by Gasteiger charge is 2.16. The summed E-state index contributed by atoms with van der Waals surface area (Å²) in [6.45, 7) is 3.78. The molecule has 128 valence electrons. The molecule has 1 N–H and O–H groups in total. The number of anilines is 1. The van der Waals surface area contributed by atoms with Crippen molar-refractivity contribution in [2.75, 3.05) is 5.32 Å². The molecule has 0 bridgehead atoms. The Morgan fingerprint density at radius 2 is 1.73 bits per heavy atom. The number of hydrogen-bond acceptors (Lipinski definition) is 4. The summed E-state index contributed by atoms with van der Waals surface area (Å²) in [6.07, 6.45) is 0. The maximum atomic E-state index is 12.6. The lowest BCUT2D eigenvalue weighted by molar-refractivity contribution is 0.102. The van der Waals surface area contributed by atoms with Gasteiger partial charge in [-0.05, 0) is 38.1 Å². The Hall–Kier alpha value is -3.47. The molecule has 0 aliphatic rings. The van der Waals surface area contributed by atoms with Crippen molar-refractivity contribution in [3.8, 4) is 0 Å². The first-order valence-electron chi connectivity index (χ1n) is 8.24. The molecule has 0 saturated heterocycles. The number of carbonyl (C=O) groups excluding carboxylic acids is 1. The maximum Gasteiger partial charge on any atom is 0.347 e. The van der Waals surface area contributed by atoms with Crippen LogP contribution in [0.2, 0.25) is 0 Å². The molecule has 0 atom stereocenters. The number of aromatic nitrogens is 1. The number of nitrogens with one attached hydrogen (secondary N) is 1. The Kier molecular flexibility index (Phi) is 3.77. The lowest BCUT2D eigenvalue weighted by atomic mass is 10.1. The van der Waals surface area contributed by atoms with E-state index in [0.717, 1.165) is 10.9 Å². The SMILES string of the molecule is Cc1ccc(C(=O)Nc2nc(C)cc3c2c(=O)oc2ccccc23)cc1. The van der Waals surface area contributed by atoms with Gasteiger partial charge in [-0.2, -0.15) is 0 Å². The molecule has 2 heterocycles. The standard InChI is InChI=1S/C21H16N2O3/c1-12-7-9-14(10-8-12)20(24)23-19-18-16(11-13(2)22-19)15-5-3-4-6-17(15)26-21(18)25/h3-11H,1-2H3,(H,22,23,24). The minimum absolute atomic E-state index is 0.213. The van der Waals surface area contributed by atoms with Gasteiger partial charge in [0.15, 0.2) is 0 Å². The van der Waals surface area contributed by atoms with Crippen LogP contribution in [-0.4, -0.2) is 10.9 Å². The van der Waals surface area contributed by atoms with Gasteiger partial charge in [-0.3, -0.25) is 4.79 Å². The Balaban J connectivity index is 1.90. The first-order valence-corrected chi connectivity index (χ1v) is 8.24. The van der Waals surface area contributed by atoms with Crippen molar-refractivity contribution in [3.63, 3.8) is 0 Å². The van der Waals surface area contributed by atoms with Gasteiger partial charge in [-0.25, -0.2) is 9.78 Å². The second kappa shape index (κ2) is 6.11. The molecule has 0 saturated carbocycles. The molecular formula is C21H16N2O3. The third kappa shape index (κ3) is 2.73. The van der Waals surface area contributed by atoms with Crippen molar-refractivity contribution in [3.05, 3.63) is 81.8 Å². The average Bonchev–Trinajstić information content (AvgIpc) is 2.62. The number of para-hydroxylation sites is 1. The van der Waals surface area contributed by atoms with Crippen LogP contribution in [0.15, 0.2) is 63.8 Å². The van der Waals surface area contributed by atoms with E-state index in [4.69, 9.17) is 4.42 Å². The van der Waals surface area contributed by atoms with E-state index in [0.29, 0.717) is 22.2 Å². The summed E-state index contributed by atoms with van der Waals surface area (Å²) in [4.78, 5) is 29.5. The third-order valence-corrected chi connectivity index (χ3v) is 4.28. The molecule has 4 rings (SSSR count). The quantitative estimate of drug-likeness (QED) is 0.437. The number of carbonyl (C=O) groups is 1. The Morgan fingerprint density at radius 3 is 2.50 bits per heavy atom. The zero-order valence-electron chi connectivity index (χ0n) is 14.4. The fraction of sp³-hybridized carbons (Fsp3) is 0.0952. The van der Waals surface area contributed by atoms with E-state index in [2.05, 4.69) is 10.3 Å². The van der Waals surface area contributed by atoms with E-state index in [1.807, 2.05) is 50.2 Å². The molecule has 5 heteroatoms. The van der Waals surface area contributed by atoms with Gasteiger partial charge < -0.3 is 9.73 Å². The normalized spacial score (nSPS) is 11.0. The summed E-state index contributed by atoms with van der Waals surface area (Å²) in [6, 6.07) is 16.3. The molecule has 1 amide bonds.